The molecule has 0 saturated heterocycles. The molecule has 0 radical (unpaired) electrons. The zero-order valence-corrected chi connectivity index (χ0v) is 20.9. The molecule has 3 aromatic carbocycles. The van der Waals surface area contributed by atoms with Gasteiger partial charge >= 0.3 is 0 Å². The van der Waals surface area contributed by atoms with Crippen molar-refractivity contribution in [2.45, 2.75) is 17.9 Å². The zero-order valence-electron chi connectivity index (χ0n) is 19.3. The molecule has 186 valence electrons. The smallest absolute Gasteiger partial charge is 0.263 e. The number of nitrogens with two attached hydrogens (primary N) is 1. The number of nitrogens with zero attached hydrogens (tertiary/aromatic N) is 2. The van der Waals surface area contributed by atoms with E-state index in [1.807, 2.05) is 0 Å². The molecule has 1 atom stereocenters. The Balaban J connectivity index is 1.73. The van der Waals surface area contributed by atoms with Gasteiger partial charge in [0.2, 0.25) is 5.91 Å². The van der Waals surface area contributed by atoms with E-state index in [2.05, 4.69) is 25.3 Å². The van der Waals surface area contributed by atoms with Crippen LogP contribution >= 0.6 is 11.6 Å². The first kappa shape index (κ1) is 25.2. The van der Waals surface area contributed by atoms with Crippen LogP contribution in [0, 0.1) is 0 Å². The number of fused-ring (bicyclic) bond motifs is 1. The van der Waals surface area contributed by atoms with Crippen molar-refractivity contribution in [2.24, 2.45) is 5.73 Å². The summed E-state index contributed by atoms with van der Waals surface area (Å²) in [5, 5.41) is 6.00. The molecule has 0 aliphatic carbocycles. The van der Waals surface area contributed by atoms with Crippen LogP contribution in [-0.4, -0.2) is 37.4 Å². The molecule has 0 aliphatic rings. The second kappa shape index (κ2) is 10.4. The topological polar surface area (TPSA) is 148 Å². The van der Waals surface area contributed by atoms with E-state index in [1.54, 1.807) is 48.5 Å². The Morgan fingerprint density at radius 1 is 1.00 bits per heavy atom. The summed E-state index contributed by atoms with van der Waals surface area (Å²) < 4.78 is 34.3. The van der Waals surface area contributed by atoms with Gasteiger partial charge in [0.1, 0.15) is 5.75 Å². The fraction of sp³-hybridized carbons (Fsp3) is 0.125. The number of carbonyl (C=O) groups is 1. The molecule has 0 saturated carbocycles. The second-order valence-electron chi connectivity index (χ2n) is 7.79. The number of amides is 1. The van der Waals surface area contributed by atoms with Gasteiger partial charge < -0.3 is 21.1 Å². The van der Waals surface area contributed by atoms with Crippen LogP contribution in [0.4, 0.5) is 23.0 Å². The first-order valence-corrected chi connectivity index (χ1v) is 12.6. The van der Waals surface area contributed by atoms with Gasteiger partial charge in [-0.15, -0.1) is 0 Å². The maximum atomic E-state index is 13.3. The standard InChI is InChI=1S/C24H23ClN6O4S/c1-14(26)24(32)27-15-6-5-7-17(12-15)36(33,34)31-23-22(28-19-8-3-4-9-20(19)29-23)30-21-13-16(35-2)10-11-18(21)25/h3-14H,26H2,1-2H3,(H,27,32)(H,28,30)(H,29,31)/t14-/m0/s1. The minimum atomic E-state index is -4.13. The highest BCUT2D eigenvalue weighted by Gasteiger charge is 2.20. The summed E-state index contributed by atoms with van der Waals surface area (Å²) >= 11 is 6.34. The summed E-state index contributed by atoms with van der Waals surface area (Å²) in [6.45, 7) is 1.53. The van der Waals surface area contributed by atoms with Crippen molar-refractivity contribution in [1.29, 1.82) is 0 Å². The molecule has 0 unspecified atom stereocenters. The monoisotopic (exact) mass is 526 g/mol. The first-order valence-electron chi connectivity index (χ1n) is 10.7. The van der Waals surface area contributed by atoms with Crippen LogP contribution in [0.15, 0.2) is 71.6 Å². The molecular weight excluding hydrogens is 504 g/mol. The van der Waals surface area contributed by atoms with Crippen LogP contribution in [0.25, 0.3) is 11.0 Å². The highest BCUT2D eigenvalue weighted by atomic mass is 35.5. The summed E-state index contributed by atoms with van der Waals surface area (Å²) in [5.74, 6) is 0.189. The molecule has 0 bridgehead atoms. The summed E-state index contributed by atoms with van der Waals surface area (Å²) in [5.41, 5.74) is 7.34. The fourth-order valence-corrected chi connectivity index (χ4v) is 4.42. The highest BCUT2D eigenvalue weighted by molar-refractivity contribution is 7.92. The number of ether oxygens (including phenoxy) is 1. The number of carbonyl (C=O) groups excluding carboxylic acids is 1. The van der Waals surface area contributed by atoms with Gasteiger partial charge in [-0.1, -0.05) is 29.8 Å². The average molecular weight is 527 g/mol. The number of methoxy groups -OCH3 is 1. The van der Waals surface area contributed by atoms with Crippen LogP contribution in [0.2, 0.25) is 5.02 Å². The largest absolute Gasteiger partial charge is 0.497 e. The number of hydrogen-bond donors (Lipinski definition) is 4. The normalized spacial score (nSPS) is 12.1. The molecule has 12 heteroatoms. The van der Waals surface area contributed by atoms with Crippen LogP contribution in [0.5, 0.6) is 5.75 Å². The number of hydrogen-bond acceptors (Lipinski definition) is 8. The molecule has 4 aromatic rings. The Hall–Kier alpha value is -3.93. The minimum absolute atomic E-state index is 0.0439. The van der Waals surface area contributed by atoms with Crippen molar-refractivity contribution in [2.75, 3.05) is 22.5 Å². The summed E-state index contributed by atoms with van der Waals surface area (Å²) in [6.07, 6.45) is 0. The van der Waals surface area contributed by atoms with Gasteiger partial charge in [0, 0.05) is 11.8 Å². The quantitative estimate of drug-likeness (QED) is 0.268. The van der Waals surface area contributed by atoms with E-state index in [1.165, 1.54) is 32.2 Å². The molecule has 10 nitrogen and oxygen atoms in total. The van der Waals surface area contributed by atoms with Gasteiger partial charge in [-0.3, -0.25) is 9.52 Å². The van der Waals surface area contributed by atoms with Crippen molar-refractivity contribution in [3.05, 3.63) is 71.8 Å². The predicted molar refractivity (Wildman–Crippen MR) is 140 cm³/mol. The molecule has 36 heavy (non-hydrogen) atoms. The van der Waals surface area contributed by atoms with E-state index in [-0.39, 0.29) is 22.2 Å². The second-order valence-corrected chi connectivity index (χ2v) is 9.88. The van der Waals surface area contributed by atoms with E-state index >= 15 is 0 Å². The Morgan fingerprint density at radius 3 is 2.36 bits per heavy atom. The molecule has 0 aliphatic heterocycles. The maximum Gasteiger partial charge on any atom is 0.263 e. The number of nitrogens with one attached hydrogen (secondary N) is 3. The van der Waals surface area contributed by atoms with Crippen molar-refractivity contribution < 1.29 is 17.9 Å². The van der Waals surface area contributed by atoms with Gasteiger partial charge in [-0.05, 0) is 49.4 Å². The van der Waals surface area contributed by atoms with Gasteiger partial charge in [0.15, 0.2) is 11.6 Å². The van der Waals surface area contributed by atoms with Crippen molar-refractivity contribution >= 4 is 61.6 Å². The minimum Gasteiger partial charge on any atom is -0.497 e. The number of anilines is 4. The predicted octanol–water partition coefficient (Wildman–Crippen LogP) is 4.12. The number of aromatic nitrogens is 2. The lowest BCUT2D eigenvalue weighted by atomic mass is 10.3. The van der Waals surface area contributed by atoms with Crippen molar-refractivity contribution in [3.63, 3.8) is 0 Å². The molecular formula is C24H23ClN6O4S. The fourth-order valence-electron chi connectivity index (χ4n) is 3.20. The Labute approximate surface area is 212 Å². The summed E-state index contributed by atoms with van der Waals surface area (Å²) in [6, 6.07) is 17.1. The molecule has 1 aromatic heterocycles. The molecule has 1 amide bonds. The van der Waals surface area contributed by atoms with Gasteiger partial charge in [0.05, 0.1) is 39.8 Å². The molecule has 4 rings (SSSR count). The summed E-state index contributed by atoms with van der Waals surface area (Å²) in [7, 11) is -2.61. The van der Waals surface area contributed by atoms with Crippen molar-refractivity contribution in [1.82, 2.24) is 9.97 Å². The van der Waals surface area contributed by atoms with Gasteiger partial charge in [0.25, 0.3) is 10.0 Å². The van der Waals surface area contributed by atoms with Crippen LogP contribution < -0.4 is 25.8 Å². The molecule has 0 spiro atoms. The third-order valence-electron chi connectivity index (χ3n) is 5.05. The SMILES string of the molecule is COc1ccc(Cl)c(Nc2nc3ccccc3nc2NS(=O)(=O)c2cccc(NC(=O)[C@H](C)N)c2)c1. The van der Waals surface area contributed by atoms with Crippen molar-refractivity contribution in [3.8, 4) is 5.75 Å². The van der Waals surface area contributed by atoms with E-state index in [4.69, 9.17) is 22.1 Å². The molecule has 0 fully saturated rings. The third-order valence-corrected chi connectivity index (χ3v) is 6.72. The Bertz CT molecular complexity index is 1550. The third kappa shape index (κ3) is 5.65. The lowest BCUT2D eigenvalue weighted by molar-refractivity contribution is -0.117. The first-order chi connectivity index (χ1) is 17.2. The number of rotatable bonds is 8. The van der Waals surface area contributed by atoms with Crippen LogP contribution in [-0.2, 0) is 14.8 Å². The van der Waals surface area contributed by atoms with Gasteiger partial charge in [-0.2, -0.15) is 0 Å². The lowest BCUT2D eigenvalue weighted by Crippen LogP contribution is -2.32. The number of sulfonamides is 1. The highest BCUT2D eigenvalue weighted by Crippen LogP contribution is 2.33. The van der Waals surface area contributed by atoms with Crippen LogP contribution in [0.3, 0.4) is 0 Å². The Morgan fingerprint density at radius 2 is 1.69 bits per heavy atom. The van der Waals surface area contributed by atoms with Gasteiger partial charge in [-0.25, -0.2) is 18.4 Å². The molecule has 1 heterocycles. The van der Waals surface area contributed by atoms with E-state index in [9.17, 15) is 13.2 Å². The maximum absolute atomic E-state index is 13.3. The van der Waals surface area contributed by atoms with E-state index < -0.39 is 22.0 Å². The Kier molecular flexibility index (Phi) is 7.25. The lowest BCUT2D eigenvalue weighted by Gasteiger charge is -2.15. The number of halogens is 1. The average Bonchev–Trinajstić information content (AvgIpc) is 2.85. The van der Waals surface area contributed by atoms with E-state index in [0.29, 0.717) is 27.5 Å². The van der Waals surface area contributed by atoms with Crippen LogP contribution in [0.1, 0.15) is 6.92 Å². The molecule has 5 N–H and O–H groups in total. The summed E-state index contributed by atoms with van der Waals surface area (Å²) in [4.78, 5) is 20.9. The number of para-hydroxylation sites is 2. The van der Waals surface area contributed by atoms with E-state index in [0.717, 1.165) is 0 Å². The number of benzene rings is 3. The zero-order chi connectivity index (χ0) is 25.9.